The molecule has 0 bridgehead atoms. The molecule has 0 amide bonds. The molecule has 0 saturated carbocycles. The topological polar surface area (TPSA) is 12.0 Å². The molecule has 1 N–H and O–H groups in total. The molecule has 64 valence electrons. The van der Waals surface area contributed by atoms with Crippen LogP contribution >= 0.6 is 27.5 Å². The maximum Gasteiger partial charge on any atom is 0.0452 e. The molecular formula is C9H9BrClN. The fraction of sp³-hybridized carbons (Fsp3) is 0.333. The van der Waals surface area contributed by atoms with E-state index in [0.29, 0.717) is 0 Å². The molecule has 0 atom stereocenters. The van der Waals surface area contributed by atoms with Crippen LogP contribution in [0.25, 0.3) is 0 Å². The van der Waals surface area contributed by atoms with Crippen LogP contribution in [0.15, 0.2) is 16.6 Å². The summed E-state index contributed by atoms with van der Waals surface area (Å²) in [6, 6.07) is 4.10. The van der Waals surface area contributed by atoms with Crippen molar-refractivity contribution in [3.05, 3.63) is 32.8 Å². The van der Waals surface area contributed by atoms with Crippen LogP contribution in [0.1, 0.15) is 11.1 Å². The molecule has 2 rings (SSSR count). The predicted molar refractivity (Wildman–Crippen MR) is 54.6 cm³/mol. The third kappa shape index (κ3) is 1.51. The quantitative estimate of drug-likeness (QED) is 0.742. The van der Waals surface area contributed by atoms with Gasteiger partial charge in [0, 0.05) is 16.0 Å². The number of rotatable bonds is 0. The molecule has 1 aromatic carbocycles. The molecule has 0 aromatic heterocycles. The Bertz CT molecular complexity index is 312. The van der Waals surface area contributed by atoms with Gasteiger partial charge in [0.05, 0.1) is 0 Å². The molecule has 3 heteroatoms. The van der Waals surface area contributed by atoms with E-state index < -0.39 is 0 Å². The lowest BCUT2D eigenvalue weighted by atomic mass is 10.0. The smallest absolute Gasteiger partial charge is 0.0452 e. The van der Waals surface area contributed by atoms with E-state index in [1.165, 1.54) is 11.1 Å². The van der Waals surface area contributed by atoms with E-state index in [1.807, 2.05) is 6.07 Å². The average Bonchev–Trinajstić information content (AvgIpc) is 2.04. The largest absolute Gasteiger partial charge is 0.312 e. The first-order valence-corrected chi connectivity index (χ1v) is 5.12. The van der Waals surface area contributed by atoms with Gasteiger partial charge in [0.1, 0.15) is 0 Å². The molecule has 0 aliphatic carbocycles. The molecule has 0 fully saturated rings. The molecule has 0 radical (unpaired) electrons. The Morgan fingerprint density at radius 2 is 2.25 bits per heavy atom. The van der Waals surface area contributed by atoms with Gasteiger partial charge in [0.25, 0.3) is 0 Å². The van der Waals surface area contributed by atoms with Crippen molar-refractivity contribution in [2.24, 2.45) is 0 Å². The van der Waals surface area contributed by atoms with Gasteiger partial charge < -0.3 is 5.32 Å². The molecule has 12 heavy (non-hydrogen) atoms. The van der Waals surface area contributed by atoms with Crippen LogP contribution in [0.2, 0.25) is 5.02 Å². The molecule has 0 spiro atoms. The summed E-state index contributed by atoms with van der Waals surface area (Å²) in [6.45, 7) is 1.98. The minimum atomic E-state index is 0.890. The molecule has 1 heterocycles. The fourth-order valence-electron chi connectivity index (χ4n) is 1.53. The Morgan fingerprint density at radius 1 is 1.42 bits per heavy atom. The first-order valence-electron chi connectivity index (χ1n) is 3.95. The first kappa shape index (κ1) is 8.54. The summed E-state index contributed by atoms with van der Waals surface area (Å²) in [5.74, 6) is 0. The Balaban J connectivity index is 2.53. The standard InChI is InChI=1S/C9H9BrClN/c10-7-3-6-5-12-2-1-8(6)9(11)4-7/h3-4,12H,1-2,5H2. The second-order valence-corrected chi connectivity index (χ2v) is 4.27. The lowest BCUT2D eigenvalue weighted by molar-refractivity contribution is 0.643. The Hall–Kier alpha value is -0.0500. The number of hydrogen-bond donors (Lipinski definition) is 1. The lowest BCUT2D eigenvalue weighted by Gasteiger charge is -2.18. The number of halogens is 2. The minimum absolute atomic E-state index is 0.890. The van der Waals surface area contributed by atoms with Crippen molar-refractivity contribution in [2.75, 3.05) is 6.54 Å². The Labute approximate surface area is 85.2 Å². The highest BCUT2D eigenvalue weighted by Gasteiger charge is 2.12. The molecule has 1 aliphatic heterocycles. The van der Waals surface area contributed by atoms with Crippen LogP contribution in [0.4, 0.5) is 0 Å². The van der Waals surface area contributed by atoms with Gasteiger partial charge in [0.2, 0.25) is 0 Å². The zero-order chi connectivity index (χ0) is 8.55. The molecule has 1 aliphatic rings. The minimum Gasteiger partial charge on any atom is -0.312 e. The van der Waals surface area contributed by atoms with Crippen molar-refractivity contribution in [3.63, 3.8) is 0 Å². The summed E-state index contributed by atoms with van der Waals surface area (Å²) in [4.78, 5) is 0. The molecule has 1 nitrogen and oxygen atoms in total. The summed E-state index contributed by atoms with van der Waals surface area (Å²) in [5.41, 5.74) is 2.62. The zero-order valence-electron chi connectivity index (χ0n) is 6.53. The Morgan fingerprint density at radius 3 is 3.08 bits per heavy atom. The van der Waals surface area contributed by atoms with Gasteiger partial charge in [-0.3, -0.25) is 0 Å². The van der Waals surface area contributed by atoms with E-state index >= 15 is 0 Å². The van der Waals surface area contributed by atoms with Crippen molar-refractivity contribution in [3.8, 4) is 0 Å². The molecular weight excluding hydrogens is 237 g/mol. The maximum atomic E-state index is 6.09. The van der Waals surface area contributed by atoms with Gasteiger partial charge in [-0.15, -0.1) is 0 Å². The highest BCUT2D eigenvalue weighted by molar-refractivity contribution is 9.10. The van der Waals surface area contributed by atoms with E-state index in [1.54, 1.807) is 0 Å². The second kappa shape index (κ2) is 3.36. The van der Waals surface area contributed by atoms with Crippen LogP contribution in [-0.2, 0) is 13.0 Å². The van der Waals surface area contributed by atoms with E-state index in [0.717, 1.165) is 29.0 Å². The average molecular weight is 247 g/mol. The fourth-order valence-corrected chi connectivity index (χ4v) is 2.50. The Kier molecular flexibility index (Phi) is 2.40. The molecule has 0 unspecified atom stereocenters. The monoisotopic (exact) mass is 245 g/mol. The van der Waals surface area contributed by atoms with Gasteiger partial charge in [0.15, 0.2) is 0 Å². The number of benzene rings is 1. The van der Waals surface area contributed by atoms with Crippen LogP contribution in [0.3, 0.4) is 0 Å². The van der Waals surface area contributed by atoms with Gasteiger partial charge in [-0.1, -0.05) is 27.5 Å². The third-order valence-electron chi connectivity index (χ3n) is 2.12. The van der Waals surface area contributed by atoms with Crippen molar-refractivity contribution in [1.29, 1.82) is 0 Å². The van der Waals surface area contributed by atoms with E-state index in [9.17, 15) is 0 Å². The molecule has 1 aromatic rings. The lowest BCUT2D eigenvalue weighted by Crippen LogP contribution is -2.23. The summed E-state index contributed by atoms with van der Waals surface area (Å²) in [5, 5.41) is 4.21. The van der Waals surface area contributed by atoms with Crippen LogP contribution in [-0.4, -0.2) is 6.54 Å². The maximum absolute atomic E-state index is 6.09. The number of hydrogen-bond acceptors (Lipinski definition) is 1. The predicted octanol–water partition coefficient (Wildman–Crippen LogP) is 2.75. The number of fused-ring (bicyclic) bond motifs is 1. The number of nitrogens with one attached hydrogen (secondary N) is 1. The SMILES string of the molecule is Clc1cc(Br)cc2c1CCNC2. The normalized spacial score (nSPS) is 15.8. The third-order valence-corrected chi connectivity index (χ3v) is 2.91. The van der Waals surface area contributed by atoms with E-state index in [-0.39, 0.29) is 0 Å². The van der Waals surface area contributed by atoms with E-state index in [2.05, 4.69) is 27.3 Å². The van der Waals surface area contributed by atoms with Gasteiger partial charge in [-0.2, -0.15) is 0 Å². The van der Waals surface area contributed by atoms with Gasteiger partial charge in [-0.25, -0.2) is 0 Å². The summed E-state index contributed by atoms with van der Waals surface area (Å²) < 4.78 is 1.06. The van der Waals surface area contributed by atoms with Crippen molar-refractivity contribution in [1.82, 2.24) is 5.32 Å². The second-order valence-electron chi connectivity index (χ2n) is 2.95. The highest BCUT2D eigenvalue weighted by Crippen LogP contribution is 2.27. The zero-order valence-corrected chi connectivity index (χ0v) is 8.87. The van der Waals surface area contributed by atoms with Crippen LogP contribution in [0.5, 0.6) is 0 Å². The molecule has 0 saturated heterocycles. The summed E-state index contributed by atoms with van der Waals surface area (Å²) in [7, 11) is 0. The highest BCUT2D eigenvalue weighted by atomic mass is 79.9. The van der Waals surface area contributed by atoms with Crippen molar-refractivity contribution < 1.29 is 0 Å². The van der Waals surface area contributed by atoms with Crippen molar-refractivity contribution in [2.45, 2.75) is 13.0 Å². The summed E-state index contributed by atoms with van der Waals surface area (Å²) >= 11 is 9.52. The van der Waals surface area contributed by atoms with Crippen molar-refractivity contribution >= 4 is 27.5 Å². The van der Waals surface area contributed by atoms with Crippen LogP contribution in [0, 0.1) is 0 Å². The van der Waals surface area contributed by atoms with Gasteiger partial charge in [-0.05, 0) is 36.2 Å². The van der Waals surface area contributed by atoms with E-state index in [4.69, 9.17) is 11.6 Å². The first-order chi connectivity index (χ1) is 5.77. The van der Waals surface area contributed by atoms with Crippen LogP contribution < -0.4 is 5.32 Å². The summed E-state index contributed by atoms with van der Waals surface area (Å²) in [6.07, 6.45) is 1.04. The van der Waals surface area contributed by atoms with Gasteiger partial charge >= 0.3 is 0 Å².